The van der Waals surface area contributed by atoms with Crippen molar-refractivity contribution >= 4 is 27.0 Å². The lowest BCUT2D eigenvalue weighted by atomic mass is 10.0. The van der Waals surface area contributed by atoms with E-state index in [4.69, 9.17) is 10.2 Å². The molecule has 5 nitrogen and oxygen atoms in total. The number of aromatic nitrogens is 3. The van der Waals surface area contributed by atoms with Gasteiger partial charge < -0.3 is 14.7 Å². The molecule has 0 aliphatic carbocycles. The van der Waals surface area contributed by atoms with Crippen molar-refractivity contribution in [1.29, 1.82) is 0 Å². The Morgan fingerprint density at radius 3 is 3.20 bits per heavy atom. The molecule has 3 aromatic rings. The summed E-state index contributed by atoms with van der Waals surface area (Å²) in [7, 11) is 0. The second-order valence-corrected chi connectivity index (χ2v) is 5.82. The molecule has 1 aliphatic heterocycles. The van der Waals surface area contributed by atoms with E-state index in [2.05, 4.69) is 30.5 Å². The number of oxazole rings is 1. The van der Waals surface area contributed by atoms with Crippen molar-refractivity contribution in [2.75, 3.05) is 0 Å². The smallest absolute Gasteiger partial charge is 0.181 e. The summed E-state index contributed by atoms with van der Waals surface area (Å²) in [6.07, 6.45) is 3.30. The molecule has 0 amide bonds. The third-order valence-corrected chi connectivity index (χ3v) is 4.42. The Hall–Kier alpha value is -1.66. The Morgan fingerprint density at radius 2 is 2.30 bits per heavy atom. The molecule has 0 spiro atoms. The molecule has 2 aromatic heterocycles. The molecule has 1 atom stereocenters. The van der Waals surface area contributed by atoms with Crippen molar-refractivity contribution in [3.8, 4) is 11.3 Å². The Bertz CT molecular complexity index is 792. The lowest BCUT2D eigenvalue weighted by molar-refractivity contribution is 0.467. The molecular formula is C14H13BrN4O. The fourth-order valence-corrected chi connectivity index (χ4v) is 3.34. The van der Waals surface area contributed by atoms with Gasteiger partial charge in [0.1, 0.15) is 5.52 Å². The number of halogens is 1. The van der Waals surface area contributed by atoms with Crippen molar-refractivity contribution in [2.45, 2.75) is 25.4 Å². The van der Waals surface area contributed by atoms with Crippen LogP contribution in [0, 0.1) is 0 Å². The normalized spacial score (nSPS) is 18.4. The molecule has 2 N–H and O–H groups in total. The van der Waals surface area contributed by atoms with Crippen LogP contribution < -0.4 is 5.73 Å². The quantitative estimate of drug-likeness (QED) is 0.743. The van der Waals surface area contributed by atoms with Crippen LogP contribution >= 0.6 is 15.9 Å². The minimum absolute atomic E-state index is 0.207. The first-order valence-electron chi connectivity index (χ1n) is 6.56. The van der Waals surface area contributed by atoms with Gasteiger partial charge in [0.15, 0.2) is 16.7 Å². The molecule has 6 heteroatoms. The average Bonchev–Trinajstić information content (AvgIpc) is 3.02. The number of fused-ring (bicyclic) bond motifs is 2. The second kappa shape index (κ2) is 4.43. The van der Waals surface area contributed by atoms with Crippen molar-refractivity contribution in [2.24, 2.45) is 5.73 Å². The summed E-state index contributed by atoms with van der Waals surface area (Å²) >= 11 is 3.54. The molecule has 0 fully saturated rings. The van der Waals surface area contributed by atoms with Gasteiger partial charge in [0, 0.05) is 30.3 Å². The number of imidazole rings is 1. The number of hydrogen-bond acceptors (Lipinski definition) is 4. The maximum Gasteiger partial charge on any atom is 0.181 e. The zero-order valence-corrected chi connectivity index (χ0v) is 12.3. The van der Waals surface area contributed by atoms with Crippen LogP contribution in [-0.4, -0.2) is 20.6 Å². The zero-order valence-electron chi connectivity index (χ0n) is 10.7. The fourth-order valence-electron chi connectivity index (χ4n) is 2.77. The van der Waals surface area contributed by atoms with Gasteiger partial charge in [0.2, 0.25) is 0 Å². The summed E-state index contributed by atoms with van der Waals surface area (Å²) in [5.74, 6) is 0. The topological polar surface area (TPSA) is 69.9 Å². The molecule has 0 bridgehead atoms. The molecule has 1 aromatic carbocycles. The Kier molecular flexibility index (Phi) is 2.68. The average molecular weight is 333 g/mol. The lowest BCUT2D eigenvalue weighted by Crippen LogP contribution is -2.30. The molecule has 0 saturated heterocycles. The molecule has 3 heterocycles. The molecule has 102 valence electrons. The summed E-state index contributed by atoms with van der Waals surface area (Å²) < 4.78 is 8.44. The van der Waals surface area contributed by atoms with Gasteiger partial charge in [-0.15, -0.1) is 0 Å². The first-order valence-corrected chi connectivity index (χ1v) is 7.36. The number of rotatable bonds is 1. The van der Waals surface area contributed by atoms with E-state index in [-0.39, 0.29) is 6.04 Å². The van der Waals surface area contributed by atoms with Crippen LogP contribution in [-0.2, 0) is 13.0 Å². The summed E-state index contributed by atoms with van der Waals surface area (Å²) in [5.41, 5.74) is 10.9. The molecular weight excluding hydrogens is 320 g/mol. The van der Waals surface area contributed by atoms with E-state index in [9.17, 15) is 0 Å². The molecule has 20 heavy (non-hydrogen) atoms. The summed E-state index contributed by atoms with van der Waals surface area (Å²) in [5, 5.41) is 0. The van der Waals surface area contributed by atoms with E-state index in [1.54, 1.807) is 0 Å². The third-order valence-electron chi connectivity index (χ3n) is 3.81. The van der Waals surface area contributed by atoms with Gasteiger partial charge in [-0.2, -0.15) is 0 Å². The van der Waals surface area contributed by atoms with Crippen LogP contribution in [0.25, 0.3) is 22.4 Å². The van der Waals surface area contributed by atoms with Gasteiger partial charge in [-0.3, -0.25) is 0 Å². The monoisotopic (exact) mass is 332 g/mol. The highest BCUT2D eigenvalue weighted by Crippen LogP contribution is 2.32. The molecule has 0 saturated carbocycles. The highest BCUT2D eigenvalue weighted by Gasteiger charge is 2.23. The van der Waals surface area contributed by atoms with Crippen molar-refractivity contribution in [1.82, 2.24) is 14.5 Å². The maximum absolute atomic E-state index is 6.09. The van der Waals surface area contributed by atoms with Gasteiger partial charge in [-0.25, -0.2) is 9.97 Å². The first kappa shape index (κ1) is 12.1. The Balaban J connectivity index is 1.89. The first-order chi connectivity index (χ1) is 9.72. The van der Waals surface area contributed by atoms with Crippen LogP contribution in [0.3, 0.4) is 0 Å². The predicted molar refractivity (Wildman–Crippen MR) is 79.2 cm³/mol. The number of benzene rings is 1. The van der Waals surface area contributed by atoms with Gasteiger partial charge in [0.25, 0.3) is 0 Å². The van der Waals surface area contributed by atoms with Crippen molar-refractivity contribution in [3.05, 3.63) is 35.0 Å². The molecule has 0 radical (unpaired) electrons. The van der Waals surface area contributed by atoms with E-state index in [1.807, 2.05) is 18.2 Å². The van der Waals surface area contributed by atoms with E-state index in [0.717, 1.165) is 46.5 Å². The summed E-state index contributed by atoms with van der Waals surface area (Å²) in [4.78, 5) is 8.79. The van der Waals surface area contributed by atoms with Gasteiger partial charge in [-0.1, -0.05) is 6.07 Å². The highest BCUT2D eigenvalue weighted by atomic mass is 79.9. The van der Waals surface area contributed by atoms with Crippen LogP contribution in [0.4, 0.5) is 0 Å². The predicted octanol–water partition coefficient (Wildman–Crippen LogP) is 2.73. The summed E-state index contributed by atoms with van der Waals surface area (Å²) in [6.45, 7) is 0.911. The van der Waals surface area contributed by atoms with E-state index >= 15 is 0 Å². The molecule has 1 unspecified atom stereocenters. The van der Waals surface area contributed by atoms with Crippen LogP contribution in [0.15, 0.2) is 33.7 Å². The largest absolute Gasteiger partial charge is 0.443 e. The maximum atomic E-state index is 6.09. The van der Waals surface area contributed by atoms with Crippen molar-refractivity contribution in [3.63, 3.8) is 0 Å². The Morgan fingerprint density at radius 1 is 1.40 bits per heavy atom. The second-order valence-electron chi connectivity index (χ2n) is 5.12. The van der Waals surface area contributed by atoms with E-state index in [1.165, 1.54) is 12.1 Å². The minimum Gasteiger partial charge on any atom is -0.443 e. The fraction of sp³-hybridized carbons (Fsp3) is 0.286. The van der Waals surface area contributed by atoms with E-state index in [0.29, 0.717) is 0 Å². The van der Waals surface area contributed by atoms with Gasteiger partial charge >= 0.3 is 0 Å². The van der Waals surface area contributed by atoms with Crippen LogP contribution in [0.2, 0.25) is 0 Å². The molecule has 4 rings (SSSR count). The van der Waals surface area contributed by atoms with Crippen molar-refractivity contribution < 1.29 is 4.42 Å². The SMILES string of the molecule is NC1CCn2c(Br)nc(-c3ccc4ncoc4c3)c2C1. The number of nitrogens with two attached hydrogens (primary N) is 1. The van der Waals surface area contributed by atoms with Gasteiger partial charge in [-0.05, 0) is 34.5 Å². The standard InChI is InChI=1S/C14H13BrN4O/c15-14-18-13(11-6-9(16)3-4-19(11)14)8-1-2-10-12(5-8)20-7-17-10/h1-2,5,7,9H,3-4,6,16H2. The van der Waals surface area contributed by atoms with Gasteiger partial charge in [0.05, 0.1) is 5.69 Å². The van der Waals surface area contributed by atoms with E-state index < -0.39 is 0 Å². The van der Waals surface area contributed by atoms with Crippen LogP contribution in [0.5, 0.6) is 0 Å². The Labute approximate surface area is 123 Å². The number of nitrogens with zero attached hydrogens (tertiary/aromatic N) is 3. The molecule has 1 aliphatic rings. The highest BCUT2D eigenvalue weighted by molar-refractivity contribution is 9.10. The lowest BCUT2D eigenvalue weighted by Gasteiger charge is -2.21. The summed E-state index contributed by atoms with van der Waals surface area (Å²) in [6, 6.07) is 6.17. The number of hydrogen-bond donors (Lipinski definition) is 1. The minimum atomic E-state index is 0.207. The van der Waals surface area contributed by atoms with Crippen LogP contribution in [0.1, 0.15) is 12.1 Å². The zero-order chi connectivity index (χ0) is 13.7. The third kappa shape index (κ3) is 1.79.